The summed E-state index contributed by atoms with van der Waals surface area (Å²) in [7, 11) is -1.16. The number of ether oxygens (including phenoxy) is 1. The van der Waals surface area contributed by atoms with E-state index in [-0.39, 0.29) is 11.8 Å². The number of halogens is 4. The first-order valence-corrected chi connectivity index (χ1v) is 10.8. The van der Waals surface area contributed by atoms with Gasteiger partial charge in [0, 0.05) is 28.2 Å². The molecule has 1 aliphatic heterocycles. The minimum absolute atomic E-state index is 0.137. The van der Waals surface area contributed by atoms with Crippen LogP contribution in [0.1, 0.15) is 5.56 Å². The molecule has 1 atom stereocenters. The maximum Gasteiger partial charge on any atom is 0.422 e. The van der Waals surface area contributed by atoms with E-state index in [2.05, 4.69) is 25.9 Å². The van der Waals surface area contributed by atoms with Crippen LogP contribution in [0.25, 0.3) is 10.9 Å². The quantitative estimate of drug-likeness (QED) is 0.548. The van der Waals surface area contributed by atoms with Crippen LogP contribution >= 0.6 is 15.9 Å². The fourth-order valence-electron chi connectivity index (χ4n) is 3.08. The van der Waals surface area contributed by atoms with Gasteiger partial charge in [0.25, 0.3) is 0 Å². The van der Waals surface area contributed by atoms with E-state index >= 15 is 0 Å². The molecule has 29 heavy (non-hydrogen) atoms. The largest absolute Gasteiger partial charge is 0.467 e. The average Bonchev–Trinajstić information content (AvgIpc) is 2.85. The molecule has 0 saturated heterocycles. The lowest BCUT2D eigenvalue weighted by Crippen LogP contribution is -2.27. The molecule has 10 heteroatoms. The van der Waals surface area contributed by atoms with Crippen LogP contribution < -0.4 is 9.64 Å². The molecule has 3 aromatic rings. The van der Waals surface area contributed by atoms with Gasteiger partial charge in [0.1, 0.15) is 0 Å². The number of hydrogen-bond donors (Lipinski definition) is 0. The fraction of sp³-hybridized carbons (Fsp3) is 0.263. The second-order valence-corrected chi connectivity index (χ2v) is 8.93. The van der Waals surface area contributed by atoms with Crippen molar-refractivity contribution >= 4 is 43.6 Å². The standard InChI is InChI=1S/C19H15BrF3N3O2S/c20-13-5-6-15-14(9-13)17(28-11-19(21,22)23)25-18(24-15)26-7-8-29(27)16-4-2-1-3-12(16)10-26/h1-6,9H,7-8,10-11H2. The molecule has 2 heterocycles. The minimum atomic E-state index is -4.48. The molecule has 0 saturated carbocycles. The van der Waals surface area contributed by atoms with Crippen LogP contribution in [0.3, 0.4) is 0 Å². The Morgan fingerprint density at radius 3 is 2.76 bits per heavy atom. The van der Waals surface area contributed by atoms with Crippen LogP contribution in [0.4, 0.5) is 19.1 Å². The van der Waals surface area contributed by atoms with E-state index in [4.69, 9.17) is 4.74 Å². The smallest absolute Gasteiger partial charge is 0.422 e. The van der Waals surface area contributed by atoms with Gasteiger partial charge in [0.15, 0.2) is 6.61 Å². The van der Waals surface area contributed by atoms with E-state index in [1.165, 1.54) is 0 Å². The molecular weight excluding hydrogens is 471 g/mol. The topological polar surface area (TPSA) is 55.3 Å². The van der Waals surface area contributed by atoms with Gasteiger partial charge in [-0.1, -0.05) is 34.1 Å². The van der Waals surface area contributed by atoms with Gasteiger partial charge in [-0.05, 0) is 29.8 Å². The van der Waals surface area contributed by atoms with Crippen molar-refractivity contribution in [1.29, 1.82) is 0 Å². The number of rotatable bonds is 3. The molecule has 0 aliphatic carbocycles. The highest BCUT2D eigenvalue weighted by Crippen LogP contribution is 2.31. The third-order valence-electron chi connectivity index (χ3n) is 4.39. The summed E-state index contributed by atoms with van der Waals surface area (Å²) in [5.74, 6) is 0.477. The lowest BCUT2D eigenvalue weighted by atomic mass is 10.2. The van der Waals surface area contributed by atoms with Gasteiger partial charge in [0.2, 0.25) is 11.8 Å². The fourth-order valence-corrected chi connectivity index (χ4v) is 4.70. The first-order chi connectivity index (χ1) is 13.8. The monoisotopic (exact) mass is 485 g/mol. The van der Waals surface area contributed by atoms with Crippen molar-refractivity contribution in [2.75, 3.05) is 23.8 Å². The molecule has 1 aliphatic rings. The lowest BCUT2D eigenvalue weighted by Gasteiger charge is -2.22. The predicted molar refractivity (Wildman–Crippen MR) is 108 cm³/mol. The van der Waals surface area contributed by atoms with E-state index < -0.39 is 23.6 Å². The zero-order chi connectivity index (χ0) is 20.6. The molecule has 0 amide bonds. The average molecular weight is 486 g/mol. The van der Waals surface area contributed by atoms with E-state index in [1.807, 2.05) is 29.2 Å². The van der Waals surface area contributed by atoms with Crippen molar-refractivity contribution in [1.82, 2.24) is 9.97 Å². The van der Waals surface area contributed by atoms with Gasteiger partial charge in [-0.3, -0.25) is 4.21 Å². The van der Waals surface area contributed by atoms with Crippen molar-refractivity contribution in [2.45, 2.75) is 17.6 Å². The Labute approximate surface area is 175 Å². The zero-order valence-corrected chi connectivity index (χ0v) is 17.4. The van der Waals surface area contributed by atoms with Crippen molar-refractivity contribution in [2.24, 2.45) is 0 Å². The Hall–Kier alpha value is -2.20. The molecule has 0 fully saturated rings. The Balaban J connectivity index is 1.76. The summed E-state index contributed by atoms with van der Waals surface area (Å²) < 4.78 is 56.3. The highest BCUT2D eigenvalue weighted by molar-refractivity contribution is 9.10. The predicted octanol–water partition coefficient (Wildman–Crippen LogP) is 4.46. The molecule has 2 aromatic carbocycles. The number of alkyl halides is 3. The van der Waals surface area contributed by atoms with Crippen LogP contribution in [0.15, 0.2) is 51.8 Å². The van der Waals surface area contributed by atoms with Gasteiger partial charge in [0.05, 0.1) is 21.7 Å². The van der Waals surface area contributed by atoms with Crippen LogP contribution in [-0.4, -0.2) is 39.3 Å². The number of benzene rings is 2. The Kier molecular flexibility index (Phi) is 5.48. The van der Waals surface area contributed by atoms with Gasteiger partial charge in [-0.15, -0.1) is 0 Å². The summed E-state index contributed by atoms with van der Waals surface area (Å²) >= 11 is 3.31. The summed E-state index contributed by atoms with van der Waals surface area (Å²) in [4.78, 5) is 11.4. The van der Waals surface area contributed by atoms with Crippen LogP contribution in [-0.2, 0) is 17.3 Å². The summed E-state index contributed by atoms with van der Waals surface area (Å²) in [5, 5.41) is 0.381. The maximum atomic E-state index is 12.7. The van der Waals surface area contributed by atoms with Crippen molar-refractivity contribution in [3.63, 3.8) is 0 Å². The maximum absolute atomic E-state index is 12.7. The number of fused-ring (bicyclic) bond motifs is 2. The molecule has 1 aromatic heterocycles. The van der Waals surface area contributed by atoms with Gasteiger partial charge in [-0.25, -0.2) is 4.98 Å². The second kappa shape index (κ2) is 7.91. The zero-order valence-electron chi connectivity index (χ0n) is 14.9. The van der Waals surface area contributed by atoms with Crippen LogP contribution in [0.5, 0.6) is 5.88 Å². The SMILES string of the molecule is O=S1CCN(c2nc(OCC(F)(F)F)c3cc(Br)ccc3n2)Cc2ccccc21. The van der Waals surface area contributed by atoms with Crippen molar-refractivity contribution in [3.05, 3.63) is 52.5 Å². The van der Waals surface area contributed by atoms with E-state index in [9.17, 15) is 17.4 Å². The first-order valence-electron chi connectivity index (χ1n) is 8.68. The van der Waals surface area contributed by atoms with Gasteiger partial charge < -0.3 is 9.64 Å². The van der Waals surface area contributed by atoms with Crippen LogP contribution in [0, 0.1) is 0 Å². The Bertz CT molecular complexity index is 1090. The summed E-state index contributed by atoms with van der Waals surface area (Å²) in [5.41, 5.74) is 1.34. The molecule has 152 valence electrons. The molecule has 0 bridgehead atoms. The molecular formula is C19H15BrF3N3O2S. The third kappa shape index (κ3) is 4.53. The number of hydrogen-bond acceptors (Lipinski definition) is 5. The Morgan fingerprint density at radius 1 is 1.17 bits per heavy atom. The highest BCUT2D eigenvalue weighted by atomic mass is 79.9. The lowest BCUT2D eigenvalue weighted by molar-refractivity contribution is -0.153. The highest BCUT2D eigenvalue weighted by Gasteiger charge is 2.30. The van der Waals surface area contributed by atoms with E-state index in [0.29, 0.717) is 34.2 Å². The van der Waals surface area contributed by atoms with Crippen molar-refractivity contribution < 1.29 is 22.1 Å². The molecule has 4 rings (SSSR count). The summed E-state index contributed by atoms with van der Waals surface area (Å²) in [6, 6.07) is 12.5. The number of nitrogens with zero attached hydrogens (tertiary/aromatic N) is 3. The Morgan fingerprint density at radius 2 is 1.97 bits per heavy atom. The molecule has 0 spiro atoms. The normalized spacial score (nSPS) is 17.1. The van der Waals surface area contributed by atoms with Gasteiger partial charge >= 0.3 is 6.18 Å². The second-order valence-electron chi connectivity index (χ2n) is 6.47. The van der Waals surface area contributed by atoms with Crippen molar-refractivity contribution in [3.8, 4) is 5.88 Å². The molecule has 1 unspecified atom stereocenters. The van der Waals surface area contributed by atoms with Crippen LogP contribution in [0.2, 0.25) is 0 Å². The first kappa shape index (κ1) is 20.1. The van der Waals surface area contributed by atoms with E-state index in [1.54, 1.807) is 18.2 Å². The molecule has 0 radical (unpaired) electrons. The third-order valence-corrected chi connectivity index (χ3v) is 6.33. The number of aromatic nitrogens is 2. The van der Waals surface area contributed by atoms with Gasteiger partial charge in [-0.2, -0.15) is 18.2 Å². The molecule has 5 nitrogen and oxygen atoms in total. The molecule has 0 N–H and O–H groups in total. The summed E-state index contributed by atoms with van der Waals surface area (Å²) in [6.45, 7) is -0.636. The minimum Gasteiger partial charge on any atom is -0.467 e. The number of anilines is 1. The summed E-state index contributed by atoms with van der Waals surface area (Å²) in [6.07, 6.45) is -4.48. The van der Waals surface area contributed by atoms with E-state index in [0.717, 1.165) is 10.5 Å².